The SMILES string of the molecule is c1ccc(-c2cccc(N(c3cccc(-c4ccc5cc(-c6ccc7ccccc7c6)ccc5c4)c3)c3ccc4c(c3)c3ccccc3n4-c3ccccc3)c2)cc1. The predicted molar refractivity (Wildman–Crippen MR) is 247 cm³/mol. The fraction of sp³-hybridized carbons (Fsp3) is 0. The van der Waals surface area contributed by atoms with Gasteiger partial charge in [0.2, 0.25) is 0 Å². The van der Waals surface area contributed by atoms with Crippen LogP contribution in [0.2, 0.25) is 0 Å². The van der Waals surface area contributed by atoms with Crippen molar-refractivity contribution < 1.29 is 0 Å². The van der Waals surface area contributed by atoms with Gasteiger partial charge in [0, 0.05) is 33.5 Å². The average Bonchev–Trinajstić information content (AvgIpc) is 3.63. The van der Waals surface area contributed by atoms with Gasteiger partial charge in [0.25, 0.3) is 0 Å². The largest absolute Gasteiger partial charge is 0.310 e. The second-order valence-corrected chi connectivity index (χ2v) is 15.0. The molecule has 0 atom stereocenters. The van der Waals surface area contributed by atoms with Gasteiger partial charge < -0.3 is 9.47 Å². The molecule has 1 aromatic heterocycles. The van der Waals surface area contributed by atoms with Crippen molar-refractivity contribution in [1.29, 1.82) is 0 Å². The van der Waals surface area contributed by atoms with Gasteiger partial charge in [-0.25, -0.2) is 0 Å². The fourth-order valence-corrected chi connectivity index (χ4v) is 8.66. The van der Waals surface area contributed by atoms with Crippen LogP contribution in [0.25, 0.3) is 82.4 Å². The molecule has 58 heavy (non-hydrogen) atoms. The van der Waals surface area contributed by atoms with Crippen LogP contribution in [0, 0.1) is 0 Å². The zero-order valence-electron chi connectivity index (χ0n) is 31.8. The van der Waals surface area contributed by atoms with E-state index in [0.29, 0.717) is 0 Å². The molecule has 0 aliphatic heterocycles. The molecule has 1 heterocycles. The first-order chi connectivity index (χ1) is 28.7. The highest BCUT2D eigenvalue weighted by molar-refractivity contribution is 6.10. The highest BCUT2D eigenvalue weighted by atomic mass is 15.1. The van der Waals surface area contributed by atoms with E-state index in [1.807, 2.05) is 0 Å². The van der Waals surface area contributed by atoms with E-state index in [2.05, 4.69) is 240 Å². The number of anilines is 3. The van der Waals surface area contributed by atoms with Crippen LogP contribution in [0.15, 0.2) is 231 Å². The Morgan fingerprint density at radius 2 is 0.724 bits per heavy atom. The molecule has 0 saturated carbocycles. The highest BCUT2D eigenvalue weighted by Crippen LogP contribution is 2.42. The van der Waals surface area contributed by atoms with Crippen LogP contribution in [-0.2, 0) is 0 Å². The Labute approximate surface area is 338 Å². The maximum absolute atomic E-state index is 2.40. The van der Waals surface area contributed by atoms with Crippen LogP contribution >= 0.6 is 0 Å². The van der Waals surface area contributed by atoms with Crippen molar-refractivity contribution >= 4 is 60.4 Å². The Hall–Kier alpha value is -7.68. The molecule has 0 unspecified atom stereocenters. The molecule has 10 aromatic carbocycles. The summed E-state index contributed by atoms with van der Waals surface area (Å²) in [5.74, 6) is 0. The number of aromatic nitrogens is 1. The molecule has 0 bridgehead atoms. The number of hydrogen-bond acceptors (Lipinski definition) is 1. The van der Waals surface area contributed by atoms with Crippen molar-refractivity contribution in [2.24, 2.45) is 0 Å². The number of hydrogen-bond donors (Lipinski definition) is 0. The summed E-state index contributed by atoms with van der Waals surface area (Å²) < 4.78 is 2.37. The Kier molecular flexibility index (Phi) is 8.19. The van der Waals surface area contributed by atoms with Gasteiger partial charge in [-0.05, 0) is 134 Å². The number of para-hydroxylation sites is 2. The lowest BCUT2D eigenvalue weighted by Gasteiger charge is -2.27. The van der Waals surface area contributed by atoms with Crippen LogP contribution < -0.4 is 4.90 Å². The molecule has 11 aromatic rings. The summed E-state index contributed by atoms with van der Waals surface area (Å²) in [4.78, 5) is 2.40. The van der Waals surface area contributed by atoms with Crippen molar-refractivity contribution in [2.75, 3.05) is 4.90 Å². The van der Waals surface area contributed by atoms with Crippen LogP contribution in [0.5, 0.6) is 0 Å². The lowest BCUT2D eigenvalue weighted by Crippen LogP contribution is -2.10. The monoisotopic (exact) mass is 738 g/mol. The standard InChI is InChI=1S/C56H38N2/c1-3-13-39(14-4-1)42-17-11-21-50(36-42)57(52-31-32-56-54(38-52)53-23-9-10-24-55(53)58(56)49-19-5-2-6-20-49)51-22-12-18-43(37-51)44-27-28-48-35-47(30-29-46(48)34-44)45-26-25-40-15-7-8-16-41(40)33-45/h1-38H. The molecular weight excluding hydrogens is 701 g/mol. The first kappa shape index (κ1) is 33.6. The minimum Gasteiger partial charge on any atom is -0.310 e. The first-order valence-electron chi connectivity index (χ1n) is 19.9. The summed E-state index contributed by atoms with van der Waals surface area (Å²) in [6, 6.07) is 83.8. The third kappa shape index (κ3) is 6.00. The molecule has 2 nitrogen and oxygen atoms in total. The van der Waals surface area contributed by atoms with E-state index in [1.54, 1.807) is 0 Å². The molecule has 0 radical (unpaired) electrons. The van der Waals surface area contributed by atoms with Crippen molar-refractivity contribution in [1.82, 2.24) is 4.57 Å². The molecule has 0 amide bonds. The lowest BCUT2D eigenvalue weighted by molar-refractivity contribution is 1.18. The summed E-state index contributed by atoms with van der Waals surface area (Å²) in [5, 5.41) is 7.42. The lowest BCUT2D eigenvalue weighted by atomic mass is 9.96. The topological polar surface area (TPSA) is 8.17 Å². The van der Waals surface area contributed by atoms with E-state index in [1.165, 1.54) is 76.7 Å². The van der Waals surface area contributed by atoms with E-state index in [4.69, 9.17) is 0 Å². The first-order valence-corrected chi connectivity index (χ1v) is 19.9. The molecule has 2 heteroatoms. The number of rotatable bonds is 7. The Morgan fingerprint density at radius 3 is 1.40 bits per heavy atom. The third-order valence-corrected chi connectivity index (χ3v) is 11.5. The molecule has 272 valence electrons. The molecule has 0 saturated heterocycles. The maximum atomic E-state index is 2.40. The van der Waals surface area contributed by atoms with E-state index in [0.717, 1.165) is 22.7 Å². The van der Waals surface area contributed by atoms with Crippen LogP contribution in [0.3, 0.4) is 0 Å². The van der Waals surface area contributed by atoms with Gasteiger partial charge in [-0.3, -0.25) is 0 Å². The van der Waals surface area contributed by atoms with Crippen molar-refractivity contribution in [3.63, 3.8) is 0 Å². The summed E-state index contributed by atoms with van der Waals surface area (Å²) in [5.41, 5.74) is 14.0. The average molecular weight is 739 g/mol. The molecule has 0 fully saturated rings. The Morgan fingerprint density at radius 1 is 0.259 bits per heavy atom. The molecule has 0 aliphatic rings. The van der Waals surface area contributed by atoms with Crippen molar-refractivity contribution in [3.8, 4) is 39.1 Å². The van der Waals surface area contributed by atoms with Crippen LogP contribution in [0.4, 0.5) is 17.1 Å². The highest BCUT2D eigenvalue weighted by Gasteiger charge is 2.18. The Bertz CT molecular complexity index is 3290. The second kappa shape index (κ2) is 14.1. The van der Waals surface area contributed by atoms with Crippen molar-refractivity contribution in [3.05, 3.63) is 231 Å². The van der Waals surface area contributed by atoms with E-state index in [-0.39, 0.29) is 0 Å². The zero-order chi connectivity index (χ0) is 38.4. The molecule has 11 rings (SSSR count). The predicted octanol–water partition coefficient (Wildman–Crippen LogP) is 15.6. The summed E-state index contributed by atoms with van der Waals surface area (Å²) >= 11 is 0. The van der Waals surface area contributed by atoms with Gasteiger partial charge >= 0.3 is 0 Å². The zero-order valence-corrected chi connectivity index (χ0v) is 31.8. The molecule has 0 aliphatic carbocycles. The van der Waals surface area contributed by atoms with Crippen molar-refractivity contribution in [2.45, 2.75) is 0 Å². The van der Waals surface area contributed by atoms with Gasteiger partial charge in [0.15, 0.2) is 0 Å². The van der Waals surface area contributed by atoms with Gasteiger partial charge in [0.05, 0.1) is 11.0 Å². The summed E-state index contributed by atoms with van der Waals surface area (Å²) in [6.45, 7) is 0. The quantitative estimate of drug-likeness (QED) is 0.158. The minimum atomic E-state index is 1.10. The third-order valence-electron chi connectivity index (χ3n) is 11.5. The van der Waals surface area contributed by atoms with Gasteiger partial charge in [0.1, 0.15) is 0 Å². The van der Waals surface area contributed by atoms with Gasteiger partial charge in [-0.2, -0.15) is 0 Å². The van der Waals surface area contributed by atoms with E-state index < -0.39 is 0 Å². The number of benzene rings is 10. The second-order valence-electron chi connectivity index (χ2n) is 15.0. The number of fused-ring (bicyclic) bond motifs is 5. The van der Waals surface area contributed by atoms with Crippen LogP contribution in [0.1, 0.15) is 0 Å². The smallest absolute Gasteiger partial charge is 0.0542 e. The minimum absolute atomic E-state index is 1.10. The summed E-state index contributed by atoms with van der Waals surface area (Å²) in [7, 11) is 0. The molecule has 0 spiro atoms. The normalized spacial score (nSPS) is 11.4. The Balaban J connectivity index is 1.03. The number of nitrogens with zero attached hydrogens (tertiary/aromatic N) is 2. The summed E-state index contributed by atoms with van der Waals surface area (Å²) in [6.07, 6.45) is 0. The van der Waals surface area contributed by atoms with E-state index >= 15 is 0 Å². The molecular formula is C56H38N2. The maximum Gasteiger partial charge on any atom is 0.0542 e. The molecule has 0 N–H and O–H groups in total. The van der Waals surface area contributed by atoms with Gasteiger partial charge in [-0.1, -0.05) is 152 Å². The van der Waals surface area contributed by atoms with Crippen LogP contribution in [-0.4, -0.2) is 4.57 Å². The fourth-order valence-electron chi connectivity index (χ4n) is 8.66. The van der Waals surface area contributed by atoms with E-state index in [9.17, 15) is 0 Å². The van der Waals surface area contributed by atoms with Gasteiger partial charge in [-0.15, -0.1) is 0 Å².